The molecule has 1 aromatic rings. The van der Waals surface area contributed by atoms with Crippen LogP contribution in [0, 0.1) is 0 Å². The Morgan fingerprint density at radius 2 is 2.06 bits per heavy atom. The van der Waals surface area contributed by atoms with Crippen molar-refractivity contribution in [1.82, 2.24) is 14.5 Å². The fraction of sp³-hybridized carbons (Fsp3) is 0.800. The van der Waals surface area contributed by atoms with E-state index >= 15 is 0 Å². The third-order valence-electron chi connectivity index (χ3n) is 3.70. The number of halogens is 1. The molecule has 16 heavy (non-hydrogen) atoms. The van der Waals surface area contributed by atoms with Gasteiger partial charge in [-0.2, -0.15) is 0 Å². The lowest BCUT2D eigenvalue weighted by Gasteiger charge is -2.36. The van der Waals surface area contributed by atoms with Crippen molar-refractivity contribution >= 4 is 23.1 Å². The van der Waals surface area contributed by atoms with Crippen LogP contribution < -0.4 is 0 Å². The van der Waals surface area contributed by atoms with E-state index in [-0.39, 0.29) is 6.10 Å². The second kappa shape index (κ2) is 4.22. The molecule has 0 amide bonds. The van der Waals surface area contributed by atoms with Crippen LogP contribution in [0.3, 0.4) is 0 Å². The maximum Gasteiger partial charge on any atom is 0.138 e. The topological polar surface area (TPSA) is 49.2 Å². The summed E-state index contributed by atoms with van der Waals surface area (Å²) in [6.45, 7) is 0.789. The van der Waals surface area contributed by atoms with Crippen molar-refractivity contribution in [3.05, 3.63) is 10.0 Å². The van der Waals surface area contributed by atoms with Gasteiger partial charge in [-0.3, -0.25) is 4.90 Å². The molecule has 1 N–H and O–H groups in total. The normalized spacial score (nSPS) is 34.5. The van der Waals surface area contributed by atoms with Gasteiger partial charge >= 0.3 is 0 Å². The third-order valence-corrected chi connectivity index (χ3v) is 4.69. The molecule has 6 heteroatoms. The minimum Gasteiger partial charge on any atom is -0.393 e. The zero-order chi connectivity index (χ0) is 11.1. The van der Waals surface area contributed by atoms with Crippen LogP contribution in [0.15, 0.2) is 0 Å². The number of rotatable bonds is 2. The first-order chi connectivity index (χ1) is 7.74. The van der Waals surface area contributed by atoms with Crippen LogP contribution in [0.4, 0.5) is 0 Å². The van der Waals surface area contributed by atoms with Gasteiger partial charge in [0.05, 0.1) is 6.10 Å². The Bertz CT molecular complexity index is 372. The summed E-state index contributed by atoms with van der Waals surface area (Å²) in [7, 11) is 0. The highest BCUT2D eigenvalue weighted by Crippen LogP contribution is 2.37. The number of hydrogen-bond donors (Lipinski definition) is 1. The molecule has 0 aliphatic carbocycles. The number of hydrogen-bond acceptors (Lipinski definition) is 5. The van der Waals surface area contributed by atoms with Gasteiger partial charge in [-0.25, -0.2) is 0 Å². The van der Waals surface area contributed by atoms with Crippen molar-refractivity contribution in [2.24, 2.45) is 0 Å². The van der Waals surface area contributed by atoms with Gasteiger partial charge in [-0.15, -0.1) is 5.10 Å². The summed E-state index contributed by atoms with van der Waals surface area (Å²) >= 11 is 7.27. The van der Waals surface area contributed by atoms with E-state index in [0.29, 0.717) is 16.4 Å². The lowest BCUT2D eigenvalue weighted by molar-refractivity contribution is 0.0304. The molecule has 4 nitrogen and oxygen atoms in total. The SMILES string of the molecule is OC1CC2CCC(C1)N2Cc1nnsc1Cl. The second-order valence-corrected chi connectivity index (χ2v) is 6.03. The predicted molar refractivity (Wildman–Crippen MR) is 62.5 cm³/mol. The van der Waals surface area contributed by atoms with Crippen molar-refractivity contribution in [1.29, 1.82) is 0 Å². The Hall–Kier alpha value is -0.230. The standard InChI is InChI=1S/C10H14ClN3OS/c11-10-9(12-13-16-10)5-14-6-1-2-7(14)4-8(15)3-6/h6-8,15H,1-5H2. The van der Waals surface area contributed by atoms with Crippen molar-refractivity contribution < 1.29 is 5.11 Å². The minimum atomic E-state index is -0.113. The molecule has 2 fully saturated rings. The zero-order valence-corrected chi connectivity index (χ0v) is 10.4. The first kappa shape index (κ1) is 10.9. The van der Waals surface area contributed by atoms with E-state index in [1.54, 1.807) is 0 Å². The van der Waals surface area contributed by atoms with Crippen molar-refractivity contribution in [3.8, 4) is 0 Å². The third kappa shape index (κ3) is 1.86. The van der Waals surface area contributed by atoms with Gasteiger partial charge in [-0.05, 0) is 25.7 Å². The summed E-state index contributed by atoms with van der Waals surface area (Å²) < 4.78 is 4.56. The molecule has 2 bridgehead atoms. The van der Waals surface area contributed by atoms with E-state index in [4.69, 9.17) is 11.6 Å². The monoisotopic (exact) mass is 259 g/mol. The number of aliphatic hydroxyl groups is 1. The lowest BCUT2D eigenvalue weighted by Crippen LogP contribution is -2.44. The molecule has 3 heterocycles. The van der Waals surface area contributed by atoms with Crippen LogP contribution >= 0.6 is 23.1 Å². The highest BCUT2D eigenvalue weighted by molar-refractivity contribution is 7.10. The predicted octanol–water partition coefficient (Wildman–Crippen LogP) is 1.68. The van der Waals surface area contributed by atoms with Crippen LogP contribution in [0.2, 0.25) is 4.34 Å². The highest BCUT2D eigenvalue weighted by atomic mass is 35.5. The van der Waals surface area contributed by atoms with Gasteiger partial charge < -0.3 is 5.11 Å². The smallest absolute Gasteiger partial charge is 0.138 e. The largest absolute Gasteiger partial charge is 0.393 e. The number of piperidine rings is 1. The lowest BCUT2D eigenvalue weighted by atomic mass is 10.00. The molecule has 0 spiro atoms. The van der Waals surface area contributed by atoms with Crippen molar-refractivity contribution in [2.75, 3.05) is 0 Å². The molecular weight excluding hydrogens is 246 g/mol. The van der Waals surface area contributed by atoms with Gasteiger partial charge in [-0.1, -0.05) is 16.1 Å². The van der Waals surface area contributed by atoms with Gasteiger partial charge in [0.15, 0.2) is 0 Å². The first-order valence-electron chi connectivity index (χ1n) is 5.64. The van der Waals surface area contributed by atoms with Crippen molar-refractivity contribution in [2.45, 2.75) is 50.4 Å². The zero-order valence-electron chi connectivity index (χ0n) is 8.84. The molecule has 2 aliphatic rings. The van der Waals surface area contributed by atoms with E-state index in [2.05, 4.69) is 14.5 Å². The average Bonchev–Trinajstić information content (AvgIpc) is 2.73. The summed E-state index contributed by atoms with van der Waals surface area (Å²) in [6.07, 6.45) is 4.06. The quantitative estimate of drug-likeness (QED) is 0.878. The first-order valence-corrected chi connectivity index (χ1v) is 6.79. The van der Waals surface area contributed by atoms with Crippen LogP contribution in [0.25, 0.3) is 0 Å². The Morgan fingerprint density at radius 3 is 2.62 bits per heavy atom. The molecule has 0 aromatic carbocycles. The van der Waals surface area contributed by atoms with E-state index < -0.39 is 0 Å². The molecular formula is C10H14ClN3OS. The minimum absolute atomic E-state index is 0.113. The van der Waals surface area contributed by atoms with E-state index in [1.807, 2.05) is 0 Å². The van der Waals surface area contributed by atoms with Crippen LogP contribution in [0.5, 0.6) is 0 Å². The summed E-state index contributed by atoms with van der Waals surface area (Å²) in [5, 5.41) is 13.8. The van der Waals surface area contributed by atoms with E-state index in [1.165, 1.54) is 24.4 Å². The molecule has 2 unspecified atom stereocenters. The van der Waals surface area contributed by atoms with Gasteiger partial charge in [0, 0.05) is 30.2 Å². The molecule has 2 atom stereocenters. The molecule has 1 aromatic heterocycles. The Morgan fingerprint density at radius 1 is 1.38 bits per heavy atom. The Labute approximate surface area is 103 Å². The molecule has 2 aliphatic heterocycles. The Balaban J connectivity index is 1.75. The molecule has 2 saturated heterocycles. The highest BCUT2D eigenvalue weighted by Gasteiger charge is 2.40. The maximum absolute atomic E-state index is 9.71. The fourth-order valence-electron chi connectivity index (χ4n) is 2.97. The Kier molecular flexibility index (Phi) is 2.87. The summed E-state index contributed by atoms with van der Waals surface area (Å²) in [5.74, 6) is 0. The van der Waals surface area contributed by atoms with Gasteiger partial charge in [0.25, 0.3) is 0 Å². The van der Waals surface area contributed by atoms with Gasteiger partial charge in [0.1, 0.15) is 10.0 Å². The average molecular weight is 260 g/mol. The molecule has 88 valence electrons. The van der Waals surface area contributed by atoms with Crippen LogP contribution in [-0.2, 0) is 6.54 Å². The number of aliphatic hydroxyl groups excluding tert-OH is 1. The summed E-state index contributed by atoms with van der Waals surface area (Å²) in [6, 6.07) is 1.01. The number of nitrogens with zero attached hydrogens (tertiary/aromatic N) is 3. The summed E-state index contributed by atoms with van der Waals surface area (Å²) in [4.78, 5) is 2.44. The molecule has 0 saturated carbocycles. The fourth-order valence-corrected chi connectivity index (χ4v) is 3.58. The maximum atomic E-state index is 9.71. The van der Waals surface area contributed by atoms with Crippen LogP contribution in [0.1, 0.15) is 31.4 Å². The molecule has 0 radical (unpaired) electrons. The summed E-state index contributed by atoms with van der Waals surface area (Å²) in [5.41, 5.74) is 0.889. The van der Waals surface area contributed by atoms with Gasteiger partial charge in [0.2, 0.25) is 0 Å². The second-order valence-electron chi connectivity index (χ2n) is 4.68. The van der Waals surface area contributed by atoms with E-state index in [9.17, 15) is 5.11 Å². The van der Waals surface area contributed by atoms with Crippen molar-refractivity contribution in [3.63, 3.8) is 0 Å². The molecule has 3 rings (SSSR count). The number of fused-ring (bicyclic) bond motifs is 2. The van der Waals surface area contributed by atoms with E-state index in [0.717, 1.165) is 25.1 Å². The number of aromatic nitrogens is 2. The van der Waals surface area contributed by atoms with Crippen LogP contribution in [-0.4, -0.2) is 37.8 Å².